The average Bonchev–Trinajstić information content (AvgIpc) is 3.37. The number of rotatable bonds is 55. The summed E-state index contributed by atoms with van der Waals surface area (Å²) in [6.07, 6.45) is 76.0. The van der Waals surface area contributed by atoms with Crippen LogP contribution in [-0.4, -0.2) is 37.2 Å². The Bertz CT molecular complexity index is 1320. The molecule has 0 aromatic heterocycles. The number of allylic oxidation sites excluding steroid dienone is 12. The average molecular weight is 992 g/mol. The topological polar surface area (TPSA) is 78.9 Å². The van der Waals surface area contributed by atoms with Gasteiger partial charge in [-0.05, 0) is 96.3 Å². The Morgan fingerprint density at radius 1 is 0.282 bits per heavy atom. The fourth-order valence-corrected chi connectivity index (χ4v) is 8.62. The predicted octanol–water partition coefficient (Wildman–Crippen LogP) is 20.5. The Balaban J connectivity index is 4.44. The van der Waals surface area contributed by atoms with E-state index in [0.29, 0.717) is 19.3 Å². The number of carbonyl (C=O) groups excluding carboxylic acids is 3. The van der Waals surface area contributed by atoms with Crippen molar-refractivity contribution in [1.82, 2.24) is 0 Å². The van der Waals surface area contributed by atoms with Crippen molar-refractivity contribution in [2.75, 3.05) is 13.2 Å². The van der Waals surface area contributed by atoms with Gasteiger partial charge in [0.15, 0.2) is 6.10 Å². The first kappa shape index (κ1) is 67.8. The van der Waals surface area contributed by atoms with Crippen LogP contribution < -0.4 is 0 Å². The van der Waals surface area contributed by atoms with Crippen LogP contribution in [0.4, 0.5) is 0 Å². The smallest absolute Gasteiger partial charge is 0.306 e. The molecule has 0 aliphatic heterocycles. The van der Waals surface area contributed by atoms with Gasteiger partial charge in [-0.1, -0.05) is 261 Å². The molecule has 0 aliphatic rings. The van der Waals surface area contributed by atoms with Gasteiger partial charge in [0.25, 0.3) is 0 Å². The number of unbranched alkanes of at least 4 members (excludes halogenated alkanes) is 35. The van der Waals surface area contributed by atoms with E-state index < -0.39 is 6.10 Å². The van der Waals surface area contributed by atoms with Gasteiger partial charge >= 0.3 is 17.9 Å². The largest absolute Gasteiger partial charge is 0.462 e. The van der Waals surface area contributed by atoms with E-state index in [1.165, 1.54) is 173 Å². The second kappa shape index (κ2) is 59.4. The van der Waals surface area contributed by atoms with Gasteiger partial charge in [-0.25, -0.2) is 0 Å². The fourth-order valence-electron chi connectivity index (χ4n) is 8.62. The van der Waals surface area contributed by atoms with Gasteiger partial charge in [-0.2, -0.15) is 0 Å². The molecule has 0 bridgehead atoms. The lowest BCUT2D eigenvalue weighted by molar-refractivity contribution is -0.167. The standard InChI is InChI=1S/C65H114O6/c1-4-7-10-13-16-19-22-25-28-31-33-35-37-40-43-46-49-52-55-58-64(67)70-61-62(60-69-63(66)57-54-51-48-45-42-39-36-30-27-24-21-18-15-12-9-6-3)71-65(68)59-56-53-50-47-44-41-38-34-32-29-26-23-20-17-14-11-8-5-2/h17,20,23,26,29-34,36,38,62H,4-16,18-19,21-22,24-25,27-28,35,37,39-61H2,1-3H3/b20-17-,26-23-,32-29-,33-31-,36-30-,38-34-. The third-order valence-corrected chi connectivity index (χ3v) is 13.2. The Morgan fingerprint density at radius 2 is 0.521 bits per heavy atom. The minimum absolute atomic E-state index is 0.0892. The zero-order valence-corrected chi connectivity index (χ0v) is 47.0. The monoisotopic (exact) mass is 991 g/mol. The lowest BCUT2D eigenvalue weighted by atomic mass is 10.1. The molecule has 0 saturated heterocycles. The molecular weight excluding hydrogens is 877 g/mol. The van der Waals surface area contributed by atoms with Gasteiger partial charge in [0, 0.05) is 19.3 Å². The zero-order chi connectivity index (χ0) is 51.4. The van der Waals surface area contributed by atoms with Gasteiger partial charge in [0.2, 0.25) is 0 Å². The molecule has 0 fully saturated rings. The molecule has 0 spiro atoms. The van der Waals surface area contributed by atoms with Crippen LogP contribution in [0, 0.1) is 0 Å². The van der Waals surface area contributed by atoms with Gasteiger partial charge in [0.05, 0.1) is 0 Å². The molecule has 71 heavy (non-hydrogen) atoms. The highest BCUT2D eigenvalue weighted by molar-refractivity contribution is 5.71. The zero-order valence-electron chi connectivity index (χ0n) is 47.0. The van der Waals surface area contributed by atoms with Crippen molar-refractivity contribution in [3.8, 4) is 0 Å². The molecular formula is C65H114O6. The van der Waals surface area contributed by atoms with Crippen molar-refractivity contribution < 1.29 is 28.6 Å². The van der Waals surface area contributed by atoms with Gasteiger partial charge in [-0.15, -0.1) is 0 Å². The lowest BCUT2D eigenvalue weighted by Gasteiger charge is -2.18. The normalized spacial score (nSPS) is 12.5. The highest BCUT2D eigenvalue weighted by Gasteiger charge is 2.19. The number of carbonyl (C=O) groups is 3. The second-order valence-electron chi connectivity index (χ2n) is 20.3. The maximum atomic E-state index is 12.9. The summed E-state index contributed by atoms with van der Waals surface area (Å²) in [4.78, 5) is 38.2. The number of ether oxygens (including phenoxy) is 3. The van der Waals surface area contributed by atoms with Gasteiger partial charge in [0.1, 0.15) is 13.2 Å². The number of hydrogen-bond donors (Lipinski definition) is 0. The summed E-state index contributed by atoms with van der Waals surface area (Å²) in [6.45, 7) is 6.60. The van der Waals surface area contributed by atoms with Crippen LogP contribution in [0.1, 0.15) is 303 Å². The molecule has 410 valence electrons. The van der Waals surface area contributed by atoms with Crippen LogP contribution in [0.3, 0.4) is 0 Å². The van der Waals surface area contributed by atoms with Crippen molar-refractivity contribution >= 4 is 17.9 Å². The molecule has 1 unspecified atom stereocenters. The third kappa shape index (κ3) is 57.6. The molecule has 0 rings (SSSR count). The van der Waals surface area contributed by atoms with Crippen LogP contribution in [0.5, 0.6) is 0 Å². The van der Waals surface area contributed by atoms with E-state index in [2.05, 4.69) is 93.7 Å². The van der Waals surface area contributed by atoms with E-state index in [1.54, 1.807) is 0 Å². The fraction of sp³-hybridized carbons (Fsp3) is 0.769. The Labute approximate surface area is 440 Å². The maximum absolute atomic E-state index is 12.9. The first-order valence-electron chi connectivity index (χ1n) is 30.5. The molecule has 0 aliphatic carbocycles. The van der Waals surface area contributed by atoms with Crippen molar-refractivity contribution in [2.24, 2.45) is 0 Å². The van der Waals surface area contributed by atoms with E-state index >= 15 is 0 Å². The molecule has 0 heterocycles. The molecule has 1 atom stereocenters. The summed E-state index contributed by atoms with van der Waals surface area (Å²) in [5, 5.41) is 0. The van der Waals surface area contributed by atoms with E-state index in [0.717, 1.165) is 89.9 Å². The van der Waals surface area contributed by atoms with E-state index in [-0.39, 0.29) is 31.1 Å². The SMILES string of the molecule is CCCCC\C=C/C=C\C=C/C=C\CCCCCCCC(=O)OC(COC(=O)CCCCCCC/C=C\CCCCCCCCC)COC(=O)CCCCCCCCC/C=C\CCCCCCCCCC. The summed E-state index contributed by atoms with van der Waals surface area (Å²) in [7, 11) is 0. The van der Waals surface area contributed by atoms with Crippen LogP contribution in [0.15, 0.2) is 72.9 Å². The minimum atomic E-state index is -0.794. The second-order valence-corrected chi connectivity index (χ2v) is 20.3. The van der Waals surface area contributed by atoms with Crippen LogP contribution >= 0.6 is 0 Å². The van der Waals surface area contributed by atoms with Crippen molar-refractivity contribution in [3.63, 3.8) is 0 Å². The maximum Gasteiger partial charge on any atom is 0.306 e. The highest BCUT2D eigenvalue weighted by Crippen LogP contribution is 2.15. The quantitative estimate of drug-likeness (QED) is 0.0199. The molecule has 0 amide bonds. The van der Waals surface area contributed by atoms with Crippen LogP contribution in [0.25, 0.3) is 0 Å². The summed E-state index contributed by atoms with van der Waals surface area (Å²) in [5.74, 6) is -0.913. The molecule has 6 heteroatoms. The van der Waals surface area contributed by atoms with Crippen LogP contribution in [0.2, 0.25) is 0 Å². The van der Waals surface area contributed by atoms with E-state index in [9.17, 15) is 14.4 Å². The summed E-state index contributed by atoms with van der Waals surface area (Å²) < 4.78 is 16.9. The highest BCUT2D eigenvalue weighted by atomic mass is 16.6. The number of hydrogen-bond acceptors (Lipinski definition) is 6. The third-order valence-electron chi connectivity index (χ3n) is 13.2. The van der Waals surface area contributed by atoms with Crippen molar-refractivity contribution in [3.05, 3.63) is 72.9 Å². The molecule has 0 radical (unpaired) electrons. The Hall–Kier alpha value is -3.15. The lowest BCUT2D eigenvalue weighted by Crippen LogP contribution is -2.30. The molecule has 0 N–H and O–H groups in total. The van der Waals surface area contributed by atoms with E-state index in [1.807, 2.05) is 0 Å². The summed E-state index contributed by atoms with van der Waals surface area (Å²) in [6, 6.07) is 0. The first-order chi connectivity index (χ1) is 35.0. The van der Waals surface area contributed by atoms with Gasteiger partial charge in [-0.3, -0.25) is 14.4 Å². The molecule has 0 aromatic carbocycles. The Kier molecular flexibility index (Phi) is 56.8. The number of esters is 3. The summed E-state index contributed by atoms with van der Waals surface area (Å²) in [5.41, 5.74) is 0. The Morgan fingerprint density at radius 3 is 0.859 bits per heavy atom. The van der Waals surface area contributed by atoms with Crippen molar-refractivity contribution in [2.45, 2.75) is 309 Å². The molecule has 0 saturated carbocycles. The van der Waals surface area contributed by atoms with Crippen molar-refractivity contribution in [1.29, 1.82) is 0 Å². The van der Waals surface area contributed by atoms with Gasteiger partial charge < -0.3 is 14.2 Å². The molecule has 0 aromatic rings. The predicted molar refractivity (Wildman–Crippen MR) is 307 cm³/mol. The molecule has 6 nitrogen and oxygen atoms in total. The van der Waals surface area contributed by atoms with E-state index in [4.69, 9.17) is 14.2 Å². The minimum Gasteiger partial charge on any atom is -0.462 e. The first-order valence-corrected chi connectivity index (χ1v) is 30.5. The van der Waals surface area contributed by atoms with Crippen LogP contribution in [-0.2, 0) is 28.6 Å². The summed E-state index contributed by atoms with van der Waals surface area (Å²) >= 11 is 0.